The van der Waals surface area contributed by atoms with E-state index in [4.69, 9.17) is 11.6 Å². The molecule has 0 saturated heterocycles. The Morgan fingerprint density at radius 3 is 2.58 bits per heavy atom. The topological polar surface area (TPSA) is 92.6 Å². The molecule has 0 spiro atoms. The van der Waals surface area contributed by atoms with Crippen molar-refractivity contribution in [3.05, 3.63) is 33.3 Å². The van der Waals surface area contributed by atoms with Crippen molar-refractivity contribution in [2.45, 2.75) is 4.90 Å². The Bertz CT molecular complexity index is 576. The standard InChI is InChI=1S/C10H14ClN3O4S/c1-12-5-6-13(2)19(17,18)10-4-3-8(14(15)16)7-9(10)11/h3-4,7,12H,5-6H2,1-2H3. The summed E-state index contributed by atoms with van der Waals surface area (Å²) in [5, 5.41) is 13.2. The van der Waals surface area contributed by atoms with Crippen LogP contribution in [0.2, 0.25) is 5.02 Å². The average Bonchev–Trinajstić information content (AvgIpc) is 2.35. The van der Waals surface area contributed by atoms with E-state index >= 15 is 0 Å². The van der Waals surface area contributed by atoms with Gasteiger partial charge in [-0.2, -0.15) is 4.31 Å². The number of likely N-dealkylation sites (N-methyl/N-ethyl adjacent to an activating group) is 2. The summed E-state index contributed by atoms with van der Waals surface area (Å²) >= 11 is 5.81. The maximum absolute atomic E-state index is 12.2. The Labute approximate surface area is 116 Å². The lowest BCUT2D eigenvalue weighted by molar-refractivity contribution is -0.384. The van der Waals surface area contributed by atoms with E-state index in [0.717, 1.165) is 22.5 Å². The highest BCUT2D eigenvalue weighted by Crippen LogP contribution is 2.27. The highest BCUT2D eigenvalue weighted by molar-refractivity contribution is 7.89. The number of nitrogens with zero attached hydrogens (tertiary/aromatic N) is 2. The molecular weight excluding hydrogens is 294 g/mol. The SMILES string of the molecule is CNCCN(C)S(=O)(=O)c1ccc([N+](=O)[O-])cc1Cl. The summed E-state index contributed by atoms with van der Waals surface area (Å²) in [7, 11) is -0.617. The Kier molecular flexibility index (Phi) is 5.24. The minimum atomic E-state index is -3.75. The van der Waals surface area contributed by atoms with Gasteiger partial charge < -0.3 is 5.32 Å². The smallest absolute Gasteiger partial charge is 0.271 e. The van der Waals surface area contributed by atoms with Crippen molar-refractivity contribution < 1.29 is 13.3 Å². The molecule has 9 heteroatoms. The lowest BCUT2D eigenvalue weighted by Crippen LogP contribution is -2.33. The maximum Gasteiger partial charge on any atom is 0.271 e. The molecule has 0 amide bonds. The fourth-order valence-corrected chi connectivity index (χ4v) is 3.05. The number of hydrogen-bond donors (Lipinski definition) is 1. The largest absolute Gasteiger partial charge is 0.318 e. The van der Waals surface area contributed by atoms with Gasteiger partial charge in [0.15, 0.2) is 0 Å². The van der Waals surface area contributed by atoms with E-state index in [2.05, 4.69) is 5.32 Å². The average molecular weight is 308 g/mol. The molecule has 1 aromatic rings. The van der Waals surface area contributed by atoms with Gasteiger partial charge in [-0.25, -0.2) is 8.42 Å². The zero-order valence-electron chi connectivity index (χ0n) is 10.5. The predicted octanol–water partition coefficient (Wildman–Crippen LogP) is 1.09. The van der Waals surface area contributed by atoms with Gasteiger partial charge in [0.2, 0.25) is 10.0 Å². The lowest BCUT2D eigenvalue weighted by Gasteiger charge is -2.17. The molecule has 1 rings (SSSR count). The van der Waals surface area contributed by atoms with Crippen molar-refractivity contribution in [2.75, 3.05) is 27.2 Å². The number of sulfonamides is 1. The van der Waals surface area contributed by atoms with E-state index in [0.29, 0.717) is 6.54 Å². The summed E-state index contributed by atoms with van der Waals surface area (Å²) in [6.07, 6.45) is 0. The van der Waals surface area contributed by atoms with Gasteiger partial charge in [-0.05, 0) is 13.1 Å². The van der Waals surface area contributed by atoms with E-state index in [1.54, 1.807) is 7.05 Å². The van der Waals surface area contributed by atoms with Gasteiger partial charge in [0.05, 0.1) is 9.95 Å². The summed E-state index contributed by atoms with van der Waals surface area (Å²) in [6, 6.07) is 3.29. The quantitative estimate of drug-likeness (QED) is 0.627. The number of nitro groups is 1. The molecule has 0 unspecified atom stereocenters. The predicted molar refractivity (Wildman–Crippen MR) is 71.8 cm³/mol. The van der Waals surface area contributed by atoms with Crippen LogP contribution in [0.3, 0.4) is 0 Å². The molecule has 1 aromatic carbocycles. The van der Waals surface area contributed by atoms with E-state index in [1.165, 1.54) is 7.05 Å². The van der Waals surface area contributed by atoms with Crippen LogP contribution >= 0.6 is 11.6 Å². The second-order valence-electron chi connectivity index (χ2n) is 3.80. The normalized spacial score (nSPS) is 11.8. The third kappa shape index (κ3) is 3.63. The number of hydrogen-bond acceptors (Lipinski definition) is 5. The van der Waals surface area contributed by atoms with E-state index in [9.17, 15) is 18.5 Å². The van der Waals surface area contributed by atoms with Crippen LogP contribution in [-0.2, 0) is 10.0 Å². The molecule has 0 saturated carbocycles. The fourth-order valence-electron chi connectivity index (χ4n) is 1.37. The van der Waals surface area contributed by atoms with Gasteiger partial charge in [-0.1, -0.05) is 11.6 Å². The van der Waals surface area contributed by atoms with Crippen LogP contribution in [0.1, 0.15) is 0 Å². The first-order valence-corrected chi connectivity index (χ1v) is 7.17. The van der Waals surface area contributed by atoms with Crippen LogP contribution in [0.25, 0.3) is 0 Å². The molecule has 0 heterocycles. The molecule has 19 heavy (non-hydrogen) atoms. The summed E-state index contributed by atoms with van der Waals surface area (Å²) in [5.74, 6) is 0. The molecule has 0 aliphatic rings. The summed E-state index contributed by atoms with van der Waals surface area (Å²) in [4.78, 5) is 9.80. The summed E-state index contributed by atoms with van der Waals surface area (Å²) in [6.45, 7) is 0.756. The number of halogens is 1. The van der Waals surface area contributed by atoms with Crippen molar-refractivity contribution in [3.8, 4) is 0 Å². The molecule has 1 N–H and O–H groups in total. The molecule has 0 bridgehead atoms. The minimum absolute atomic E-state index is 0.140. The van der Waals surface area contributed by atoms with Gasteiger partial charge in [0, 0.05) is 32.3 Å². The first-order chi connectivity index (χ1) is 8.80. The molecule has 0 aliphatic heterocycles. The number of rotatable bonds is 6. The van der Waals surface area contributed by atoms with Gasteiger partial charge in [0.25, 0.3) is 5.69 Å². The Hall–Kier alpha value is -1.22. The van der Waals surface area contributed by atoms with Gasteiger partial charge in [-0.15, -0.1) is 0 Å². The van der Waals surface area contributed by atoms with Crippen molar-refractivity contribution in [2.24, 2.45) is 0 Å². The van der Waals surface area contributed by atoms with Crippen LogP contribution < -0.4 is 5.32 Å². The van der Waals surface area contributed by atoms with Crippen LogP contribution in [0.5, 0.6) is 0 Å². The first kappa shape index (κ1) is 15.8. The molecule has 0 radical (unpaired) electrons. The van der Waals surface area contributed by atoms with Crippen molar-refractivity contribution in [1.29, 1.82) is 0 Å². The fraction of sp³-hybridized carbons (Fsp3) is 0.400. The molecule has 0 fully saturated rings. The third-order valence-corrected chi connectivity index (χ3v) is 4.83. The lowest BCUT2D eigenvalue weighted by atomic mass is 10.3. The van der Waals surface area contributed by atoms with Crippen LogP contribution in [0.15, 0.2) is 23.1 Å². The number of non-ortho nitro benzene ring substituents is 1. The Morgan fingerprint density at radius 2 is 2.11 bits per heavy atom. The highest BCUT2D eigenvalue weighted by atomic mass is 35.5. The molecule has 0 atom stereocenters. The summed E-state index contributed by atoms with van der Waals surface area (Å²) in [5.41, 5.74) is -0.248. The molecule has 0 aliphatic carbocycles. The van der Waals surface area contributed by atoms with Crippen molar-refractivity contribution in [3.63, 3.8) is 0 Å². The molecule has 106 valence electrons. The van der Waals surface area contributed by atoms with E-state index in [-0.39, 0.29) is 22.2 Å². The second-order valence-corrected chi connectivity index (χ2v) is 6.22. The second kappa shape index (κ2) is 6.29. The molecular formula is C10H14ClN3O4S. The van der Waals surface area contributed by atoms with Gasteiger partial charge in [0.1, 0.15) is 4.90 Å². The zero-order valence-corrected chi connectivity index (χ0v) is 12.0. The molecule has 7 nitrogen and oxygen atoms in total. The Balaban J connectivity index is 3.12. The maximum atomic E-state index is 12.2. The van der Waals surface area contributed by atoms with Gasteiger partial charge in [-0.3, -0.25) is 10.1 Å². The Morgan fingerprint density at radius 1 is 1.47 bits per heavy atom. The molecule has 0 aromatic heterocycles. The monoisotopic (exact) mass is 307 g/mol. The van der Waals surface area contributed by atoms with E-state index < -0.39 is 14.9 Å². The number of nitrogens with one attached hydrogen (secondary N) is 1. The van der Waals surface area contributed by atoms with E-state index in [1.807, 2.05) is 0 Å². The van der Waals surface area contributed by atoms with Crippen LogP contribution in [-0.4, -0.2) is 44.8 Å². The first-order valence-electron chi connectivity index (χ1n) is 5.35. The van der Waals surface area contributed by atoms with Crippen molar-refractivity contribution >= 4 is 27.3 Å². The third-order valence-electron chi connectivity index (χ3n) is 2.49. The number of benzene rings is 1. The highest BCUT2D eigenvalue weighted by Gasteiger charge is 2.24. The van der Waals surface area contributed by atoms with Crippen molar-refractivity contribution in [1.82, 2.24) is 9.62 Å². The van der Waals surface area contributed by atoms with Gasteiger partial charge >= 0.3 is 0 Å². The minimum Gasteiger partial charge on any atom is -0.318 e. The van der Waals surface area contributed by atoms with Crippen LogP contribution in [0, 0.1) is 10.1 Å². The van der Waals surface area contributed by atoms with Crippen LogP contribution in [0.4, 0.5) is 5.69 Å². The summed E-state index contributed by atoms with van der Waals surface area (Å²) < 4.78 is 25.5. The zero-order chi connectivity index (χ0) is 14.6. The number of nitro benzene ring substituents is 1.